The van der Waals surface area contributed by atoms with Crippen molar-refractivity contribution in [2.75, 3.05) is 5.32 Å². The fraction of sp³-hybridized carbons (Fsp3) is 0.0909. The van der Waals surface area contributed by atoms with Crippen molar-refractivity contribution >= 4 is 27.6 Å². The van der Waals surface area contributed by atoms with E-state index in [2.05, 4.69) is 31.2 Å². The molecule has 0 saturated heterocycles. The van der Waals surface area contributed by atoms with Gasteiger partial charge in [-0.3, -0.25) is 0 Å². The Balaban J connectivity index is 2.22. The van der Waals surface area contributed by atoms with E-state index in [0.29, 0.717) is 0 Å². The molecule has 0 amide bonds. The number of halogens is 1. The molecule has 15 heavy (non-hydrogen) atoms. The molecule has 2 aromatic heterocycles. The second kappa shape index (κ2) is 4.40. The summed E-state index contributed by atoms with van der Waals surface area (Å²) in [6.07, 6.45) is 3.52. The van der Waals surface area contributed by atoms with Gasteiger partial charge in [0, 0.05) is 16.9 Å². The van der Waals surface area contributed by atoms with Gasteiger partial charge in [0.05, 0.1) is 0 Å². The monoisotopic (exact) mass is 263 g/mol. The maximum absolute atomic E-state index is 4.24. The summed E-state index contributed by atoms with van der Waals surface area (Å²) in [6, 6.07) is 7.68. The number of nitrogens with zero attached hydrogens (tertiary/aromatic N) is 2. The Labute approximate surface area is 96.7 Å². The van der Waals surface area contributed by atoms with E-state index in [1.807, 2.05) is 31.2 Å². The van der Waals surface area contributed by atoms with Gasteiger partial charge in [-0.15, -0.1) is 0 Å². The summed E-state index contributed by atoms with van der Waals surface area (Å²) in [6.45, 7) is 2.02. The molecule has 0 spiro atoms. The number of pyridine rings is 2. The van der Waals surface area contributed by atoms with Gasteiger partial charge in [0.25, 0.3) is 0 Å². The van der Waals surface area contributed by atoms with Crippen molar-refractivity contribution in [2.45, 2.75) is 6.92 Å². The first kappa shape index (κ1) is 10.1. The number of aromatic nitrogens is 2. The maximum Gasteiger partial charge on any atom is 0.131 e. The fourth-order valence-corrected chi connectivity index (χ4v) is 1.39. The Kier molecular flexibility index (Phi) is 2.97. The highest BCUT2D eigenvalue weighted by Gasteiger charge is 1.99. The largest absolute Gasteiger partial charge is 0.325 e. The van der Waals surface area contributed by atoms with Crippen LogP contribution in [0.15, 0.2) is 41.1 Å². The van der Waals surface area contributed by atoms with Gasteiger partial charge in [0.15, 0.2) is 0 Å². The van der Waals surface area contributed by atoms with Crippen LogP contribution < -0.4 is 5.32 Å². The Morgan fingerprint density at radius 1 is 1.20 bits per heavy atom. The third kappa shape index (κ3) is 2.53. The molecule has 0 aliphatic carbocycles. The van der Waals surface area contributed by atoms with E-state index in [-0.39, 0.29) is 0 Å². The van der Waals surface area contributed by atoms with Gasteiger partial charge in [0.1, 0.15) is 11.6 Å². The molecule has 1 N–H and O–H groups in total. The average Bonchev–Trinajstić information content (AvgIpc) is 2.25. The predicted molar refractivity (Wildman–Crippen MR) is 64.2 cm³/mol. The molecular formula is C11H10BrN3. The maximum atomic E-state index is 4.24. The van der Waals surface area contributed by atoms with Gasteiger partial charge in [-0.1, -0.05) is 6.07 Å². The standard InChI is InChI=1S/C11H10BrN3/c1-8-6-11(14-7-9(8)12)15-10-4-2-3-5-13-10/h2-7H,1H3,(H,13,14,15). The summed E-state index contributed by atoms with van der Waals surface area (Å²) < 4.78 is 1.01. The van der Waals surface area contributed by atoms with Crippen molar-refractivity contribution in [1.82, 2.24) is 9.97 Å². The molecule has 2 rings (SSSR count). The van der Waals surface area contributed by atoms with Crippen LogP contribution in [0.2, 0.25) is 0 Å². The van der Waals surface area contributed by atoms with E-state index in [1.54, 1.807) is 12.4 Å². The van der Waals surface area contributed by atoms with Crippen LogP contribution in [0.5, 0.6) is 0 Å². The molecule has 0 fully saturated rings. The number of anilines is 2. The molecule has 0 aromatic carbocycles. The van der Waals surface area contributed by atoms with Gasteiger partial charge in [0.2, 0.25) is 0 Å². The zero-order valence-electron chi connectivity index (χ0n) is 8.24. The first-order chi connectivity index (χ1) is 7.25. The normalized spacial score (nSPS) is 10.0. The van der Waals surface area contributed by atoms with Crippen molar-refractivity contribution in [3.63, 3.8) is 0 Å². The molecule has 0 radical (unpaired) electrons. The Morgan fingerprint density at radius 3 is 2.73 bits per heavy atom. The van der Waals surface area contributed by atoms with Gasteiger partial charge in [-0.25, -0.2) is 9.97 Å². The number of hydrogen-bond donors (Lipinski definition) is 1. The van der Waals surface area contributed by atoms with Crippen molar-refractivity contribution in [2.24, 2.45) is 0 Å². The molecule has 0 aliphatic heterocycles. The molecule has 0 aliphatic rings. The SMILES string of the molecule is Cc1cc(Nc2ccccn2)ncc1Br. The summed E-state index contributed by atoms with van der Waals surface area (Å²) in [7, 11) is 0. The molecule has 0 unspecified atom stereocenters. The smallest absolute Gasteiger partial charge is 0.131 e. The zero-order chi connectivity index (χ0) is 10.7. The summed E-state index contributed by atoms with van der Waals surface area (Å²) in [5, 5.41) is 3.13. The molecular weight excluding hydrogens is 254 g/mol. The van der Waals surface area contributed by atoms with Crippen LogP contribution >= 0.6 is 15.9 Å². The van der Waals surface area contributed by atoms with E-state index in [0.717, 1.165) is 21.7 Å². The lowest BCUT2D eigenvalue weighted by atomic mass is 10.3. The van der Waals surface area contributed by atoms with Crippen LogP contribution in [-0.2, 0) is 0 Å². The lowest BCUT2D eigenvalue weighted by Crippen LogP contribution is -1.95. The number of hydrogen-bond acceptors (Lipinski definition) is 3. The Bertz CT molecular complexity index is 457. The molecule has 76 valence electrons. The zero-order valence-corrected chi connectivity index (χ0v) is 9.82. The second-order valence-corrected chi connectivity index (χ2v) is 4.01. The molecule has 2 aromatic rings. The molecule has 3 nitrogen and oxygen atoms in total. The lowest BCUT2D eigenvalue weighted by molar-refractivity contribution is 1.22. The van der Waals surface area contributed by atoms with Crippen LogP contribution in [0.3, 0.4) is 0 Å². The van der Waals surface area contributed by atoms with Crippen molar-refractivity contribution in [3.05, 3.63) is 46.7 Å². The molecule has 4 heteroatoms. The van der Waals surface area contributed by atoms with Crippen LogP contribution in [0.4, 0.5) is 11.6 Å². The molecule has 0 saturated carbocycles. The van der Waals surface area contributed by atoms with E-state index >= 15 is 0 Å². The van der Waals surface area contributed by atoms with Gasteiger partial charge >= 0.3 is 0 Å². The number of aryl methyl sites for hydroxylation is 1. The number of rotatable bonds is 2. The van der Waals surface area contributed by atoms with Gasteiger partial charge < -0.3 is 5.32 Å². The van der Waals surface area contributed by atoms with Crippen LogP contribution in [-0.4, -0.2) is 9.97 Å². The number of nitrogens with one attached hydrogen (secondary N) is 1. The highest BCUT2D eigenvalue weighted by atomic mass is 79.9. The summed E-state index contributed by atoms with van der Waals surface area (Å²) in [5.41, 5.74) is 1.14. The minimum absolute atomic E-state index is 0.798. The van der Waals surface area contributed by atoms with Crippen molar-refractivity contribution in [3.8, 4) is 0 Å². The second-order valence-electron chi connectivity index (χ2n) is 3.16. The lowest BCUT2D eigenvalue weighted by Gasteiger charge is -2.05. The Hall–Kier alpha value is -1.42. The van der Waals surface area contributed by atoms with Crippen LogP contribution in [0.25, 0.3) is 0 Å². The third-order valence-electron chi connectivity index (χ3n) is 1.97. The van der Waals surface area contributed by atoms with Crippen LogP contribution in [0.1, 0.15) is 5.56 Å². The van der Waals surface area contributed by atoms with E-state index in [9.17, 15) is 0 Å². The van der Waals surface area contributed by atoms with E-state index in [1.165, 1.54) is 0 Å². The van der Waals surface area contributed by atoms with Crippen molar-refractivity contribution in [1.29, 1.82) is 0 Å². The predicted octanol–water partition coefficient (Wildman–Crippen LogP) is 3.29. The average molecular weight is 264 g/mol. The molecule has 0 bridgehead atoms. The first-order valence-corrected chi connectivity index (χ1v) is 5.35. The minimum atomic E-state index is 0.798. The fourth-order valence-electron chi connectivity index (χ4n) is 1.18. The minimum Gasteiger partial charge on any atom is -0.325 e. The van der Waals surface area contributed by atoms with Gasteiger partial charge in [-0.05, 0) is 46.6 Å². The van der Waals surface area contributed by atoms with Gasteiger partial charge in [-0.2, -0.15) is 0 Å². The van der Waals surface area contributed by atoms with Crippen molar-refractivity contribution < 1.29 is 0 Å². The van der Waals surface area contributed by atoms with Crippen LogP contribution in [0, 0.1) is 6.92 Å². The highest BCUT2D eigenvalue weighted by molar-refractivity contribution is 9.10. The summed E-state index contributed by atoms with van der Waals surface area (Å²) in [4.78, 5) is 8.40. The quantitative estimate of drug-likeness (QED) is 0.904. The van der Waals surface area contributed by atoms with E-state index < -0.39 is 0 Å². The first-order valence-electron chi connectivity index (χ1n) is 4.56. The summed E-state index contributed by atoms with van der Waals surface area (Å²) >= 11 is 3.41. The molecule has 0 atom stereocenters. The molecule has 2 heterocycles. The Morgan fingerprint density at radius 2 is 2.07 bits per heavy atom. The topological polar surface area (TPSA) is 37.8 Å². The summed E-state index contributed by atoms with van der Waals surface area (Å²) in [5.74, 6) is 1.60. The third-order valence-corrected chi connectivity index (χ3v) is 2.80. The van der Waals surface area contributed by atoms with E-state index in [4.69, 9.17) is 0 Å². The highest BCUT2D eigenvalue weighted by Crippen LogP contribution is 2.19.